The molecule has 0 aliphatic heterocycles. The minimum Gasteiger partial charge on any atom is -0.394 e. The fourth-order valence-corrected chi connectivity index (χ4v) is 10.1. The second-order valence-corrected chi connectivity index (χ2v) is 21.7. The minimum atomic E-state index is -0.746. The lowest BCUT2D eigenvalue weighted by Crippen LogP contribution is -2.46. The number of hydrogen-bond donors (Lipinski definition) is 4. The van der Waals surface area contributed by atoms with E-state index in [9.17, 15) is 20.1 Å². The molecule has 0 rings (SSSR count). The zero-order valence-electron chi connectivity index (χ0n) is 45.8. The van der Waals surface area contributed by atoms with Gasteiger partial charge in [0, 0.05) is 0 Å². The van der Waals surface area contributed by atoms with Gasteiger partial charge in [-0.15, -0.1) is 0 Å². The van der Waals surface area contributed by atoms with E-state index in [1.54, 1.807) is 0 Å². The van der Waals surface area contributed by atoms with Gasteiger partial charge < -0.3 is 20.6 Å². The van der Waals surface area contributed by atoms with Crippen molar-refractivity contribution in [3.8, 4) is 0 Å². The van der Waals surface area contributed by atoms with E-state index in [0.717, 1.165) is 25.7 Å². The number of carbonyl (C=O) groups excluding carboxylic acids is 1. The minimum absolute atomic E-state index is 0.0411. The summed E-state index contributed by atoms with van der Waals surface area (Å²) in [5.74, 6) is -0.277. The van der Waals surface area contributed by atoms with Crippen molar-refractivity contribution >= 4 is 5.91 Å². The topological polar surface area (TPSA) is 89.8 Å². The molecule has 5 nitrogen and oxygen atoms in total. The van der Waals surface area contributed by atoms with Gasteiger partial charge in [0.15, 0.2) is 0 Å². The van der Waals surface area contributed by atoms with Crippen LogP contribution in [0.15, 0.2) is 12.2 Å². The van der Waals surface area contributed by atoms with E-state index >= 15 is 0 Å². The highest BCUT2D eigenvalue weighted by Crippen LogP contribution is 2.19. The molecule has 0 aromatic heterocycles. The summed E-state index contributed by atoms with van der Waals surface area (Å²) in [6.07, 6.45) is 72.6. The average molecular weight is 947 g/mol. The maximum atomic E-state index is 12.5. The number of hydrogen-bond acceptors (Lipinski definition) is 4. The number of carbonyl (C=O) groups is 1. The van der Waals surface area contributed by atoms with Crippen molar-refractivity contribution in [1.82, 2.24) is 5.32 Å². The van der Waals surface area contributed by atoms with E-state index in [1.165, 1.54) is 295 Å². The molecule has 0 bridgehead atoms. The van der Waals surface area contributed by atoms with Gasteiger partial charge in [0.25, 0.3) is 0 Å². The molecule has 1 amide bonds. The molecule has 0 aromatic carbocycles. The van der Waals surface area contributed by atoms with Gasteiger partial charge in [-0.25, -0.2) is 0 Å². The molecule has 0 saturated carbocycles. The van der Waals surface area contributed by atoms with Gasteiger partial charge in [-0.2, -0.15) is 0 Å². The largest absolute Gasteiger partial charge is 0.394 e. The summed E-state index contributed by atoms with van der Waals surface area (Å²) in [4.78, 5) is 12.5. The van der Waals surface area contributed by atoms with E-state index in [-0.39, 0.29) is 18.9 Å². The van der Waals surface area contributed by atoms with Crippen LogP contribution < -0.4 is 5.32 Å². The SMILES string of the molecule is CCCCCCCCCCCCCCCCCCCC/C=C\CCCCCCCCCCCCCCCCCC(O)CC(=O)NC(CO)C(O)CCCCCCCCCCCCCCCCC. The van der Waals surface area contributed by atoms with Gasteiger partial charge in [-0.1, -0.05) is 321 Å². The normalized spacial score (nSPS) is 13.2. The Hall–Kier alpha value is -0.910. The third kappa shape index (κ3) is 54.3. The summed E-state index contributed by atoms with van der Waals surface area (Å²) in [5, 5.41) is 33.6. The molecule has 4 N–H and O–H groups in total. The van der Waals surface area contributed by atoms with Crippen molar-refractivity contribution in [2.24, 2.45) is 0 Å². The van der Waals surface area contributed by atoms with Crippen LogP contribution in [0, 0.1) is 0 Å². The number of amides is 1. The van der Waals surface area contributed by atoms with Crippen molar-refractivity contribution in [2.75, 3.05) is 6.61 Å². The first kappa shape index (κ1) is 66.1. The van der Waals surface area contributed by atoms with Crippen molar-refractivity contribution in [1.29, 1.82) is 0 Å². The number of aliphatic hydroxyl groups excluding tert-OH is 3. The second-order valence-electron chi connectivity index (χ2n) is 21.7. The third-order valence-electron chi connectivity index (χ3n) is 14.8. The molecule has 0 aliphatic rings. The van der Waals surface area contributed by atoms with Gasteiger partial charge in [0.1, 0.15) is 0 Å². The molecule has 0 saturated heterocycles. The Balaban J connectivity index is 3.42. The van der Waals surface area contributed by atoms with Crippen molar-refractivity contribution in [3.63, 3.8) is 0 Å². The number of allylic oxidation sites excluding steroid dienone is 2. The highest BCUT2D eigenvalue weighted by molar-refractivity contribution is 5.76. The smallest absolute Gasteiger partial charge is 0.222 e. The highest BCUT2D eigenvalue weighted by atomic mass is 16.3. The van der Waals surface area contributed by atoms with Crippen LogP contribution in [0.4, 0.5) is 0 Å². The Morgan fingerprint density at radius 1 is 0.358 bits per heavy atom. The van der Waals surface area contributed by atoms with Crippen molar-refractivity contribution < 1.29 is 20.1 Å². The van der Waals surface area contributed by atoms with E-state index in [2.05, 4.69) is 31.3 Å². The standard InChI is InChI=1S/C62H123NO4/c1-3-5-7-9-11-13-15-17-19-20-21-22-23-24-25-26-27-28-29-30-31-32-33-34-35-36-37-38-39-40-42-43-45-47-49-51-53-55-59(65)57-62(67)63-60(58-64)61(66)56-54-52-50-48-46-44-41-18-16-14-12-10-8-6-4-2/h30-31,59-61,64-66H,3-29,32-58H2,1-2H3,(H,63,67)/b31-30-. The molecule has 67 heavy (non-hydrogen) atoms. The number of unbranched alkanes of at least 4 members (excludes halogenated alkanes) is 47. The molecular formula is C62H123NO4. The molecule has 0 aromatic rings. The molecule has 0 radical (unpaired) electrons. The quantitative estimate of drug-likeness (QED) is 0.0361. The molecule has 3 atom stereocenters. The molecule has 0 spiro atoms. The van der Waals surface area contributed by atoms with Crippen LogP contribution in [0.3, 0.4) is 0 Å². The second kappa shape index (κ2) is 57.7. The zero-order valence-corrected chi connectivity index (χ0v) is 45.8. The van der Waals surface area contributed by atoms with E-state index < -0.39 is 18.2 Å². The lowest BCUT2D eigenvalue weighted by Gasteiger charge is -2.23. The molecule has 0 heterocycles. The number of rotatable bonds is 58. The predicted molar refractivity (Wildman–Crippen MR) is 296 cm³/mol. The van der Waals surface area contributed by atoms with Crippen LogP contribution in [0.25, 0.3) is 0 Å². The Labute approximate surface area is 420 Å². The van der Waals surface area contributed by atoms with E-state index in [4.69, 9.17) is 0 Å². The molecule has 400 valence electrons. The van der Waals surface area contributed by atoms with Crippen LogP contribution in [-0.4, -0.2) is 46.1 Å². The lowest BCUT2D eigenvalue weighted by molar-refractivity contribution is -0.125. The summed E-state index contributed by atoms with van der Waals surface area (Å²) < 4.78 is 0. The van der Waals surface area contributed by atoms with Crippen LogP contribution in [0.1, 0.15) is 354 Å². The Kier molecular flexibility index (Phi) is 56.9. The molecular weight excluding hydrogens is 823 g/mol. The fourth-order valence-electron chi connectivity index (χ4n) is 10.1. The summed E-state index contributed by atoms with van der Waals surface area (Å²) in [5.41, 5.74) is 0. The Bertz CT molecular complexity index is 956. The number of aliphatic hydroxyl groups is 3. The van der Waals surface area contributed by atoms with Gasteiger partial charge in [0.05, 0.1) is 31.3 Å². The van der Waals surface area contributed by atoms with Crippen molar-refractivity contribution in [2.45, 2.75) is 372 Å². The van der Waals surface area contributed by atoms with Crippen molar-refractivity contribution in [3.05, 3.63) is 12.2 Å². The average Bonchev–Trinajstić information content (AvgIpc) is 3.32. The van der Waals surface area contributed by atoms with Gasteiger partial charge >= 0.3 is 0 Å². The third-order valence-corrected chi connectivity index (χ3v) is 14.8. The number of nitrogens with one attached hydrogen (secondary N) is 1. The zero-order chi connectivity index (χ0) is 48.6. The molecule has 0 aliphatic carbocycles. The lowest BCUT2D eigenvalue weighted by atomic mass is 10.0. The Morgan fingerprint density at radius 3 is 0.866 bits per heavy atom. The first-order valence-corrected chi connectivity index (χ1v) is 31.0. The summed E-state index contributed by atoms with van der Waals surface area (Å²) in [6.45, 7) is 4.30. The van der Waals surface area contributed by atoms with Gasteiger partial charge in [-0.3, -0.25) is 4.79 Å². The predicted octanol–water partition coefficient (Wildman–Crippen LogP) is 19.5. The van der Waals surface area contributed by atoms with E-state index in [1.807, 2.05) is 0 Å². The fraction of sp³-hybridized carbons (Fsp3) is 0.952. The summed E-state index contributed by atoms with van der Waals surface area (Å²) >= 11 is 0. The van der Waals surface area contributed by atoms with Crippen LogP contribution in [0.2, 0.25) is 0 Å². The van der Waals surface area contributed by atoms with Gasteiger partial charge in [0.2, 0.25) is 5.91 Å². The molecule has 0 fully saturated rings. The summed E-state index contributed by atoms with van der Waals surface area (Å²) in [7, 11) is 0. The molecule has 5 heteroatoms. The van der Waals surface area contributed by atoms with Crippen LogP contribution in [0.5, 0.6) is 0 Å². The first-order chi connectivity index (χ1) is 33.0. The van der Waals surface area contributed by atoms with Crippen LogP contribution >= 0.6 is 0 Å². The van der Waals surface area contributed by atoms with E-state index in [0.29, 0.717) is 12.8 Å². The van der Waals surface area contributed by atoms with Crippen LogP contribution in [-0.2, 0) is 4.79 Å². The first-order valence-electron chi connectivity index (χ1n) is 31.0. The summed E-state index contributed by atoms with van der Waals surface area (Å²) in [6, 6.07) is -0.655. The maximum absolute atomic E-state index is 12.5. The van der Waals surface area contributed by atoms with Gasteiger partial charge in [-0.05, 0) is 38.5 Å². The molecule has 3 unspecified atom stereocenters. The maximum Gasteiger partial charge on any atom is 0.222 e. The highest BCUT2D eigenvalue weighted by Gasteiger charge is 2.21. The monoisotopic (exact) mass is 946 g/mol. The Morgan fingerprint density at radius 2 is 0.597 bits per heavy atom.